The van der Waals surface area contributed by atoms with Crippen LogP contribution in [-0.4, -0.2) is 32.8 Å². The van der Waals surface area contributed by atoms with Crippen molar-refractivity contribution in [2.24, 2.45) is 4.99 Å². The van der Waals surface area contributed by atoms with Gasteiger partial charge in [-0.05, 0) is 67.1 Å². The van der Waals surface area contributed by atoms with Crippen molar-refractivity contribution in [1.82, 2.24) is 4.98 Å². The number of nitro groups is 2. The SMILES string of the molecule is CCOc1cc(C=Nc2ccc(O)c(-c3nc4ccccc4s3)c2)ccc1Oc1ccc([N+](=O)[O-])cc1[N+](=O)[O-]. The van der Waals surface area contributed by atoms with Crippen molar-refractivity contribution >= 4 is 44.8 Å². The van der Waals surface area contributed by atoms with E-state index in [1.54, 1.807) is 49.5 Å². The van der Waals surface area contributed by atoms with E-state index in [0.717, 1.165) is 22.3 Å². The van der Waals surface area contributed by atoms with Crippen LogP contribution in [0.5, 0.6) is 23.0 Å². The van der Waals surface area contributed by atoms with Crippen LogP contribution in [0.4, 0.5) is 17.1 Å². The number of fused-ring (bicyclic) bond motifs is 1. The maximum Gasteiger partial charge on any atom is 0.318 e. The summed E-state index contributed by atoms with van der Waals surface area (Å²) >= 11 is 1.47. The maximum absolute atomic E-state index is 11.5. The molecule has 0 aliphatic heterocycles. The van der Waals surface area contributed by atoms with Crippen molar-refractivity contribution in [2.45, 2.75) is 6.92 Å². The first-order valence-corrected chi connectivity index (χ1v) is 12.7. The number of hydrogen-bond acceptors (Lipinski definition) is 10. The lowest BCUT2D eigenvalue weighted by molar-refractivity contribution is -0.394. The summed E-state index contributed by atoms with van der Waals surface area (Å²) in [5.74, 6) is 0.432. The molecule has 200 valence electrons. The summed E-state index contributed by atoms with van der Waals surface area (Å²) in [5, 5.41) is 33.6. The molecule has 0 fully saturated rings. The van der Waals surface area contributed by atoms with Crippen LogP contribution in [0, 0.1) is 20.2 Å². The van der Waals surface area contributed by atoms with Gasteiger partial charge in [0.25, 0.3) is 5.69 Å². The Morgan fingerprint density at radius 3 is 2.50 bits per heavy atom. The van der Waals surface area contributed by atoms with Crippen molar-refractivity contribution < 1.29 is 24.4 Å². The van der Waals surface area contributed by atoms with Gasteiger partial charge in [-0.1, -0.05) is 12.1 Å². The van der Waals surface area contributed by atoms with Crippen molar-refractivity contribution in [3.05, 3.63) is 105 Å². The van der Waals surface area contributed by atoms with Gasteiger partial charge in [0.1, 0.15) is 10.8 Å². The Balaban J connectivity index is 1.42. The second-order valence-corrected chi connectivity index (χ2v) is 9.38. The Morgan fingerprint density at radius 1 is 0.950 bits per heavy atom. The lowest BCUT2D eigenvalue weighted by atomic mass is 10.1. The molecule has 1 heterocycles. The van der Waals surface area contributed by atoms with E-state index >= 15 is 0 Å². The lowest BCUT2D eigenvalue weighted by Crippen LogP contribution is -1.99. The smallest absolute Gasteiger partial charge is 0.318 e. The van der Waals surface area contributed by atoms with Gasteiger partial charge in [-0.2, -0.15) is 0 Å². The number of phenols is 1. The highest BCUT2D eigenvalue weighted by Gasteiger charge is 2.22. The number of para-hydroxylation sites is 1. The first-order chi connectivity index (χ1) is 19.3. The van der Waals surface area contributed by atoms with Crippen LogP contribution in [0.25, 0.3) is 20.8 Å². The summed E-state index contributed by atoms with van der Waals surface area (Å²) in [6.07, 6.45) is 1.61. The minimum Gasteiger partial charge on any atom is -0.507 e. The molecule has 0 bridgehead atoms. The van der Waals surface area contributed by atoms with Gasteiger partial charge in [-0.3, -0.25) is 25.2 Å². The van der Waals surface area contributed by atoms with Gasteiger partial charge in [0, 0.05) is 12.3 Å². The second-order valence-electron chi connectivity index (χ2n) is 8.35. The average Bonchev–Trinajstić information content (AvgIpc) is 3.38. The number of ether oxygens (including phenoxy) is 2. The molecule has 1 N–H and O–H groups in total. The predicted molar refractivity (Wildman–Crippen MR) is 151 cm³/mol. The summed E-state index contributed by atoms with van der Waals surface area (Å²) < 4.78 is 12.4. The molecule has 4 aromatic carbocycles. The first kappa shape index (κ1) is 26.3. The summed E-state index contributed by atoms with van der Waals surface area (Å²) in [4.78, 5) is 30.2. The van der Waals surface area contributed by atoms with Crippen molar-refractivity contribution in [3.8, 4) is 33.6 Å². The molecule has 1 aromatic heterocycles. The Kier molecular flexibility index (Phi) is 7.33. The molecule has 0 amide bonds. The van der Waals surface area contributed by atoms with Gasteiger partial charge >= 0.3 is 5.69 Å². The molecule has 0 aliphatic rings. The largest absolute Gasteiger partial charge is 0.507 e. The number of aromatic hydroxyl groups is 1. The van der Waals surface area contributed by atoms with Crippen LogP contribution >= 0.6 is 11.3 Å². The Labute approximate surface area is 230 Å². The second kappa shape index (κ2) is 11.2. The third kappa shape index (κ3) is 5.56. The van der Waals surface area contributed by atoms with E-state index in [1.165, 1.54) is 17.4 Å². The predicted octanol–water partition coefficient (Wildman–Crippen LogP) is 7.43. The van der Waals surface area contributed by atoms with Crippen LogP contribution in [0.15, 0.2) is 83.9 Å². The fourth-order valence-electron chi connectivity index (χ4n) is 3.84. The van der Waals surface area contributed by atoms with Crippen LogP contribution in [-0.2, 0) is 0 Å². The van der Waals surface area contributed by atoms with Crippen LogP contribution in [0.2, 0.25) is 0 Å². The molecule has 5 aromatic rings. The zero-order chi connectivity index (χ0) is 28.2. The van der Waals surface area contributed by atoms with E-state index in [1.807, 2.05) is 24.3 Å². The van der Waals surface area contributed by atoms with Gasteiger partial charge in [-0.25, -0.2) is 4.98 Å². The molecule has 0 saturated carbocycles. The van der Waals surface area contributed by atoms with E-state index in [9.17, 15) is 25.3 Å². The van der Waals surface area contributed by atoms with E-state index < -0.39 is 21.2 Å². The number of hydrogen-bond donors (Lipinski definition) is 1. The number of aliphatic imine (C=N–C) groups is 1. The van der Waals surface area contributed by atoms with E-state index in [0.29, 0.717) is 34.2 Å². The molecule has 0 radical (unpaired) electrons. The van der Waals surface area contributed by atoms with E-state index in [2.05, 4.69) is 9.98 Å². The van der Waals surface area contributed by atoms with Gasteiger partial charge in [-0.15, -0.1) is 11.3 Å². The van der Waals surface area contributed by atoms with E-state index in [4.69, 9.17) is 9.47 Å². The zero-order valence-corrected chi connectivity index (χ0v) is 21.7. The number of benzene rings is 4. The molecule has 5 rings (SSSR count). The third-order valence-corrected chi connectivity index (χ3v) is 6.77. The van der Waals surface area contributed by atoms with Crippen LogP contribution < -0.4 is 9.47 Å². The fourth-order valence-corrected chi connectivity index (χ4v) is 4.83. The topological polar surface area (TPSA) is 150 Å². The number of rotatable bonds is 9. The number of non-ortho nitro benzene ring substituents is 1. The molecule has 40 heavy (non-hydrogen) atoms. The molecular formula is C28H20N4O7S. The fraction of sp³-hybridized carbons (Fsp3) is 0.0714. The number of phenolic OH excluding ortho intramolecular Hbond substituents is 1. The molecule has 0 aliphatic carbocycles. The summed E-state index contributed by atoms with van der Waals surface area (Å²) in [7, 11) is 0. The maximum atomic E-state index is 11.5. The normalized spacial score (nSPS) is 11.1. The quantitative estimate of drug-likeness (QED) is 0.112. The van der Waals surface area contributed by atoms with Crippen LogP contribution in [0.3, 0.4) is 0 Å². The van der Waals surface area contributed by atoms with Gasteiger partial charge in [0.2, 0.25) is 5.75 Å². The highest BCUT2D eigenvalue weighted by atomic mass is 32.1. The van der Waals surface area contributed by atoms with Crippen molar-refractivity contribution in [2.75, 3.05) is 6.61 Å². The summed E-state index contributed by atoms with van der Waals surface area (Å²) in [6.45, 7) is 2.07. The van der Waals surface area contributed by atoms with Gasteiger partial charge in [0.05, 0.1) is 44.0 Å². The summed E-state index contributed by atoms with van der Waals surface area (Å²) in [5.41, 5.74) is 1.70. The molecular weight excluding hydrogens is 536 g/mol. The van der Waals surface area contributed by atoms with Crippen molar-refractivity contribution in [3.63, 3.8) is 0 Å². The van der Waals surface area contributed by atoms with Gasteiger partial charge in [0.15, 0.2) is 11.5 Å². The van der Waals surface area contributed by atoms with E-state index in [-0.39, 0.29) is 17.2 Å². The van der Waals surface area contributed by atoms with Gasteiger partial charge < -0.3 is 14.6 Å². The summed E-state index contributed by atoms with van der Waals surface area (Å²) in [6, 6.07) is 20.8. The monoisotopic (exact) mass is 556 g/mol. The highest BCUT2D eigenvalue weighted by Crippen LogP contribution is 2.39. The molecule has 12 heteroatoms. The average molecular weight is 557 g/mol. The zero-order valence-electron chi connectivity index (χ0n) is 20.9. The minimum absolute atomic E-state index is 0.0958. The Bertz CT molecular complexity index is 1750. The van der Waals surface area contributed by atoms with Crippen molar-refractivity contribution in [1.29, 1.82) is 0 Å². The Hall–Kier alpha value is -5.36. The van der Waals surface area contributed by atoms with Crippen LogP contribution in [0.1, 0.15) is 12.5 Å². The highest BCUT2D eigenvalue weighted by molar-refractivity contribution is 7.21. The number of aromatic nitrogens is 1. The molecule has 0 atom stereocenters. The first-order valence-electron chi connectivity index (χ1n) is 11.9. The third-order valence-electron chi connectivity index (χ3n) is 5.70. The Morgan fingerprint density at radius 2 is 1.75 bits per heavy atom. The minimum atomic E-state index is -0.746. The molecule has 0 saturated heterocycles. The molecule has 0 spiro atoms. The number of nitro benzene ring substituents is 2. The molecule has 11 nitrogen and oxygen atoms in total. The number of nitrogens with zero attached hydrogens (tertiary/aromatic N) is 4. The standard InChI is InChI=1S/C28H20N4O7S/c1-2-38-26-13-17(7-11-25(26)39-24-12-9-19(31(34)35)15-22(24)32(36)37)16-29-18-8-10-23(33)20(14-18)28-30-21-5-3-4-6-27(21)40-28/h3-16,33H,2H2,1H3. The lowest BCUT2D eigenvalue weighted by Gasteiger charge is -2.12. The molecule has 0 unspecified atom stereocenters. The number of thiazole rings is 1.